The molecule has 124 valence electrons. The van der Waals surface area contributed by atoms with Gasteiger partial charge in [-0.25, -0.2) is 0 Å². The number of hydrogen-bond acceptors (Lipinski definition) is 4. The van der Waals surface area contributed by atoms with Crippen LogP contribution in [0.15, 0.2) is 18.2 Å². The van der Waals surface area contributed by atoms with Gasteiger partial charge in [0.2, 0.25) is 0 Å². The molecule has 0 aliphatic carbocycles. The van der Waals surface area contributed by atoms with Crippen LogP contribution in [0.4, 0.5) is 0 Å². The molecular formula is C17H28N2O3. The predicted molar refractivity (Wildman–Crippen MR) is 88.4 cm³/mol. The lowest BCUT2D eigenvalue weighted by molar-refractivity contribution is -0.133. The van der Waals surface area contributed by atoms with E-state index >= 15 is 0 Å². The van der Waals surface area contributed by atoms with Crippen LogP contribution in [0.5, 0.6) is 5.75 Å². The summed E-state index contributed by atoms with van der Waals surface area (Å²) in [5.74, 6) is 0.747. The van der Waals surface area contributed by atoms with Crippen LogP contribution in [0, 0.1) is 13.8 Å². The number of benzene rings is 1. The molecule has 1 unspecified atom stereocenters. The molecule has 1 rings (SSSR count). The van der Waals surface area contributed by atoms with Crippen LogP contribution >= 0.6 is 0 Å². The topological polar surface area (TPSA) is 50.8 Å². The molecule has 0 aromatic heterocycles. The Kier molecular flexibility index (Phi) is 7.91. The zero-order chi connectivity index (χ0) is 16.5. The Morgan fingerprint density at radius 1 is 1.32 bits per heavy atom. The first-order valence-electron chi connectivity index (χ1n) is 7.60. The number of carbonyl (C=O) groups excluding carboxylic acids is 1. The molecule has 0 bridgehead atoms. The lowest BCUT2D eigenvalue weighted by Crippen LogP contribution is -2.38. The van der Waals surface area contributed by atoms with Crippen LogP contribution in [0.1, 0.15) is 17.5 Å². The van der Waals surface area contributed by atoms with Crippen molar-refractivity contribution in [3.8, 4) is 5.75 Å². The van der Waals surface area contributed by atoms with E-state index in [1.54, 1.807) is 19.1 Å². The van der Waals surface area contributed by atoms with Gasteiger partial charge >= 0.3 is 0 Å². The van der Waals surface area contributed by atoms with Gasteiger partial charge in [0.15, 0.2) is 6.61 Å². The van der Waals surface area contributed by atoms with E-state index in [0.717, 1.165) is 29.8 Å². The molecule has 1 N–H and O–H groups in total. The summed E-state index contributed by atoms with van der Waals surface area (Å²) in [6.07, 6.45) is 0.893. The molecular weight excluding hydrogens is 280 g/mol. The van der Waals surface area contributed by atoms with Crippen LogP contribution < -0.4 is 10.1 Å². The summed E-state index contributed by atoms with van der Waals surface area (Å²) in [7, 11) is 5.35. The number of rotatable bonds is 9. The second-order valence-electron chi connectivity index (χ2n) is 5.53. The van der Waals surface area contributed by atoms with Crippen LogP contribution in [0.25, 0.3) is 0 Å². The molecule has 0 aliphatic heterocycles. The Labute approximate surface area is 133 Å². The predicted octanol–water partition coefficient (Wildman–Crippen LogP) is 1.77. The Bertz CT molecular complexity index is 457. The van der Waals surface area contributed by atoms with Crippen molar-refractivity contribution >= 4 is 5.91 Å². The summed E-state index contributed by atoms with van der Waals surface area (Å²) in [6, 6.07) is 5.95. The zero-order valence-electron chi connectivity index (χ0n) is 14.3. The molecule has 5 heteroatoms. The molecule has 22 heavy (non-hydrogen) atoms. The van der Waals surface area contributed by atoms with Crippen molar-refractivity contribution in [3.05, 3.63) is 29.3 Å². The number of nitrogens with zero attached hydrogens (tertiary/aromatic N) is 1. The quantitative estimate of drug-likeness (QED) is 0.755. The van der Waals surface area contributed by atoms with Gasteiger partial charge in [0.25, 0.3) is 5.91 Å². The minimum atomic E-state index is -0.0471. The van der Waals surface area contributed by atoms with Crippen LogP contribution in [-0.4, -0.2) is 57.8 Å². The Morgan fingerprint density at radius 2 is 1.95 bits per heavy atom. The van der Waals surface area contributed by atoms with E-state index in [0.29, 0.717) is 6.54 Å². The number of ether oxygens (including phenoxy) is 2. The molecule has 1 aromatic rings. The zero-order valence-corrected chi connectivity index (χ0v) is 14.3. The highest BCUT2D eigenvalue weighted by Crippen LogP contribution is 2.22. The van der Waals surface area contributed by atoms with E-state index in [9.17, 15) is 4.79 Å². The smallest absolute Gasteiger partial charge is 0.260 e. The van der Waals surface area contributed by atoms with Gasteiger partial charge in [0, 0.05) is 20.7 Å². The molecule has 0 fully saturated rings. The average molecular weight is 308 g/mol. The van der Waals surface area contributed by atoms with Gasteiger partial charge in [0.05, 0.1) is 6.10 Å². The SMILES string of the molecule is CNCCC(CN(C)C(=O)COc1c(C)cccc1C)OC. The number of hydrogen-bond donors (Lipinski definition) is 1. The molecule has 0 radical (unpaired) electrons. The van der Waals surface area contributed by atoms with E-state index in [1.807, 2.05) is 39.1 Å². The maximum absolute atomic E-state index is 12.2. The molecule has 5 nitrogen and oxygen atoms in total. The van der Waals surface area contributed by atoms with Gasteiger partial charge in [-0.1, -0.05) is 18.2 Å². The second kappa shape index (κ2) is 9.43. The van der Waals surface area contributed by atoms with Crippen molar-refractivity contribution < 1.29 is 14.3 Å². The number of nitrogens with one attached hydrogen (secondary N) is 1. The van der Waals surface area contributed by atoms with Gasteiger partial charge in [-0.15, -0.1) is 0 Å². The van der Waals surface area contributed by atoms with E-state index in [4.69, 9.17) is 9.47 Å². The Hall–Kier alpha value is -1.59. The third kappa shape index (κ3) is 5.66. The summed E-state index contributed by atoms with van der Waals surface area (Å²) in [6.45, 7) is 5.43. The van der Waals surface area contributed by atoms with Crippen LogP contribution in [0.3, 0.4) is 0 Å². The summed E-state index contributed by atoms with van der Waals surface area (Å²) in [5, 5.41) is 3.09. The highest BCUT2D eigenvalue weighted by atomic mass is 16.5. The van der Waals surface area contributed by atoms with Crippen molar-refractivity contribution in [1.29, 1.82) is 0 Å². The van der Waals surface area contributed by atoms with Crippen molar-refractivity contribution in [2.24, 2.45) is 0 Å². The van der Waals surface area contributed by atoms with E-state index in [2.05, 4.69) is 5.32 Å². The van der Waals surface area contributed by atoms with Crippen LogP contribution in [-0.2, 0) is 9.53 Å². The van der Waals surface area contributed by atoms with E-state index in [-0.39, 0.29) is 18.6 Å². The first kappa shape index (κ1) is 18.5. The number of likely N-dealkylation sites (N-methyl/N-ethyl adjacent to an activating group) is 1. The van der Waals surface area contributed by atoms with E-state index in [1.165, 1.54) is 0 Å². The van der Waals surface area contributed by atoms with Crippen LogP contribution in [0.2, 0.25) is 0 Å². The lowest BCUT2D eigenvalue weighted by Gasteiger charge is -2.23. The first-order valence-corrected chi connectivity index (χ1v) is 7.60. The lowest BCUT2D eigenvalue weighted by atomic mass is 10.1. The minimum Gasteiger partial charge on any atom is -0.483 e. The summed E-state index contributed by atoms with van der Waals surface area (Å²) >= 11 is 0. The van der Waals surface area contributed by atoms with Gasteiger partial charge in [-0.05, 0) is 45.0 Å². The second-order valence-corrected chi connectivity index (χ2v) is 5.53. The number of carbonyl (C=O) groups is 1. The Morgan fingerprint density at radius 3 is 2.50 bits per heavy atom. The highest BCUT2D eigenvalue weighted by Gasteiger charge is 2.16. The van der Waals surface area contributed by atoms with Gasteiger partial charge < -0.3 is 19.7 Å². The fourth-order valence-electron chi connectivity index (χ4n) is 2.27. The third-order valence-corrected chi connectivity index (χ3v) is 3.70. The highest BCUT2D eigenvalue weighted by molar-refractivity contribution is 5.77. The fraction of sp³-hybridized carbons (Fsp3) is 0.588. The summed E-state index contributed by atoms with van der Waals surface area (Å²) in [5.41, 5.74) is 2.08. The standard InChI is InChI=1S/C17H28N2O3/c1-13-7-6-8-14(2)17(13)22-12-16(20)19(4)11-15(21-5)9-10-18-3/h6-8,15,18H,9-12H2,1-5H3. The maximum Gasteiger partial charge on any atom is 0.260 e. The van der Waals surface area contributed by atoms with E-state index < -0.39 is 0 Å². The molecule has 0 saturated heterocycles. The largest absolute Gasteiger partial charge is 0.483 e. The van der Waals surface area contributed by atoms with Gasteiger partial charge in [0.1, 0.15) is 5.75 Å². The molecule has 0 heterocycles. The molecule has 0 spiro atoms. The average Bonchev–Trinajstić information content (AvgIpc) is 2.50. The minimum absolute atomic E-state index is 0.0293. The Balaban J connectivity index is 2.50. The summed E-state index contributed by atoms with van der Waals surface area (Å²) < 4.78 is 11.1. The van der Waals surface area contributed by atoms with Gasteiger partial charge in [-0.3, -0.25) is 4.79 Å². The monoisotopic (exact) mass is 308 g/mol. The van der Waals surface area contributed by atoms with Crippen molar-refractivity contribution in [2.75, 3.05) is 40.9 Å². The van der Waals surface area contributed by atoms with Crippen molar-refractivity contribution in [2.45, 2.75) is 26.4 Å². The van der Waals surface area contributed by atoms with Gasteiger partial charge in [-0.2, -0.15) is 0 Å². The molecule has 0 saturated carbocycles. The fourth-order valence-corrected chi connectivity index (χ4v) is 2.27. The van der Waals surface area contributed by atoms with Crippen molar-refractivity contribution in [1.82, 2.24) is 10.2 Å². The number of aryl methyl sites for hydroxylation is 2. The molecule has 1 aromatic carbocycles. The van der Waals surface area contributed by atoms with Crippen molar-refractivity contribution in [3.63, 3.8) is 0 Å². The maximum atomic E-state index is 12.2. The first-order chi connectivity index (χ1) is 10.5. The normalized spacial score (nSPS) is 12.0. The summed E-state index contributed by atoms with van der Waals surface area (Å²) in [4.78, 5) is 13.9. The molecule has 1 atom stereocenters. The number of methoxy groups -OCH3 is 1. The molecule has 0 aliphatic rings. The molecule has 1 amide bonds. The number of amides is 1. The number of para-hydroxylation sites is 1. The third-order valence-electron chi connectivity index (χ3n) is 3.70.